The van der Waals surface area contributed by atoms with E-state index in [0.717, 1.165) is 22.5 Å². The van der Waals surface area contributed by atoms with Crippen LogP contribution in [0.4, 0.5) is 0 Å². The number of hydrogen-bond donors (Lipinski definition) is 1. The Morgan fingerprint density at radius 3 is 2.89 bits per heavy atom. The molecule has 1 N–H and O–H groups in total. The van der Waals surface area contributed by atoms with Gasteiger partial charge in [0.15, 0.2) is 11.5 Å². The Balaban J connectivity index is 1.51. The molecule has 0 radical (unpaired) electrons. The molecule has 0 fully saturated rings. The number of fused-ring (bicyclic) bond motifs is 1. The first-order chi connectivity index (χ1) is 13.8. The minimum absolute atomic E-state index is 0.187. The van der Waals surface area contributed by atoms with Crippen molar-refractivity contribution in [2.75, 3.05) is 6.54 Å². The molecule has 3 aromatic heterocycles. The fraction of sp³-hybridized carbons (Fsp3) is 0.143. The van der Waals surface area contributed by atoms with Gasteiger partial charge in [-0.25, -0.2) is 4.98 Å². The monoisotopic (exact) mass is 371 g/mol. The van der Waals surface area contributed by atoms with Crippen LogP contribution in [0, 0.1) is 0 Å². The number of nitrogens with zero attached hydrogens (tertiary/aromatic N) is 4. The van der Waals surface area contributed by atoms with E-state index in [1.54, 1.807) is 29.7 Å². The first-order valence-corrected chi connectivity index (χ1v) is 9.06. The Morgan fingerprint density at radius 2 is 2.07 bits per heavy atom. The van der Waals surface area contributed by atoms with Crippen molar-refractivity contribution in [1.29, 1.82) is 0 Å². The SMILES string of the molecule is O=C(c1cc(-c2ccccc2)on1)N1CCc2[nH]cnc2[C@@H]1c1cccnc1. The zero-order valence-electron chi connectivity index (χ0n) is 14.9. The Morgan fingerprint density at radius 1 is 1.18 bits per heavy atom. The van der Waals surface area contributed by atoms with Crippen molar-refractivity contribution < 1.29 is 9.32 Å². The van der Waals surface area contributed by atoms with E-state index >= 15 is 0 Å². The summed E-state index contributed by atoms with van der Waals surface area (Å²) in [6, 6.07) is 14.8. The fourth-order valence-electron chi connectivity index (χ4n) is 3.63. The highest BCUT2D eigenvalue weighted by molar-refractivity contribution is 5.93. The normalized spacial score (nSPS) is 16.0. The second kappa shape index (κ2) is 6.77. The van der Waals surface area contributed by atoms with Gasteiger partial charge < -0.3 is 14.4 Å². The standard InChI is InChI=1S/C21H17N5O2/c27-21(17-11-18(28-25-17)14-5-2-1-3-6-14)26-10-8-16-19(24-13-23-16)20(26)15-7-4-9-22-12-15/h1-7,9,11-13,20H,8,10H2,(H,23,24)/t20-/m0/s1. The van der Waals surface area contributed by atoms with Crippen molar-refractivity contribution in [2.24, 2.45) is 0 Å². The molecule has 1 aliphatic heterocycles. The van der Waals surface area contributed by atoms with Crippen LogP contribution in [0.15, 0.2) is 71.8 Å². The van der Waals surface area contributed by atoms with Gasteiger partial charge in [0.25, 0.3) is 5.91 Å². The number of benzene rings is 1. The number of rotatable bonds is 3. The van der Waals surface area contributed by atoms with Crippen LogP contribution in [0.2, 0.25) is 0 Å². The first-order valence-electron chi connectivity index (χ1n) is 9.06. The number of imidazole rings is 1. The summed E-state index contributed by atoms with van der Waals surface area (Å²) in [4.78, 5) is 27.0. The molecule has 138 valence electrons. The highest BCUT2D eigenvalue weighted by atomic mass is 16.5. The van der Waals surface area contributed by atoms with Crippen molar-refractivity contribution in [1.82, 2.24) is 25.0 Å². The van der Waals surface area contributed by atoms with Crippen LogP contribution in [-0.4, -0.2) is 37.5 Å². The summed E-state index contributed by atoms with van der Waals surface area (Å²) in [5.41, 5.74) is 3.97. The van der Waals surface area contributed by atoms with Gasteiger partial charge in [-0.1, -0.05) is 41.6 Å². The first kappa shape index (κ1) is 16.4. The number of nitrogens with one attached hydrogen (secondary N) is 1. The summed E-state index contributed by atoms with van der Waals surface area (Å²) in [6.45, 7) is 0.557. The lowest BCUT2D eigenvalue weighted by atomic mass is 9.96. The lowest BCUT2D eigenvalue weighted by Gasteiger charge is -2.34. The van der Waals surface area contributed by atoms with E-state index in [-0.39, 0.29) is 17.6 Å². The highest BCUT2D eigenvalue weighted by Gasteiger charge is 2.35. The van der Waals surface area contributed by atoms with Gasteiger partial charge in [-0.05, 0) is 11.6 Å². The number of pyridine rings is 1. The van der Waals surface area contributed by atoms with Crippen molar-refractivity contribution in [3.05, 3.63) is 89.9 Å². The molecular formula is C21H17N5O2. The summed E-state index contributed by atoms with van der Waals surface area (Å²) in [7, 11) is 0. The van der Waals surface area contributed by atoms with Crippen molar-refractivity contribution in [3.8, 4) is 11.3 Å². The smallest absolute Gasteiger partial charge is 0.276 e. The molecule has 1 aliphatic rings. The van der Waals surface area contributed by atoms with E-state index in [1.807, 2.05) is 42.5 Å². The average molecular weight is 371 g/mol. The fourth-order valence-corrected chi connectivity index (χ4v) is 3.63. The number of hydrogen-bond acceptors (Lipinski definition) is 5. The lowest BCUT2D eigenvalue weighted by molar-refractivity contribution is 0.0680. The molecule has 0 bridgehead atoms. The molecule has 1 atom stereocenters. The average Bonchev–Trinajstić information content (AvgIpc) is 3.43. The van der Waals surface area contributed by atoms with E-state index in [9.17, 15) is 4.79 Å². The Labute approximate surface area is 161 Å². The lowest BCUT2D eigenvalue weighted by Crippen LogP contribution is -2.41. The van der Waals surface area contributed by atoms with Gasteiger partial charge in [0.05, 0.1) is 12.0 Å². The molecule has 0 spiro atoms. The van der Waals surface area contributed by atoms with Crippen LogP contribution >= 0.6 is 0 Å². The van der Waals surface area contributed by atoms with Crippen LogP contribution in [0.1, 0.15) is 33.5 Å². The molecule has 4 heterocycles. The Kier molecular flexibility index (Phi) is 3.97. The number of carbonyl (C=O) groups excluding carboxylic acids is 1. The van der Waals surface area contributed by atoms with E-state index in [2.05, 4.69) is 20.1 Å². The molecule has 28 heavy (non-hydrogen) atoms. The maximum atomic E-state index is 13.3. The van der Waals surface area contributed by atoms with E-state index in [1.165, 1.54) is 0 Å². The van der Waals surface area contributed by atoms with Crippen LogP contribution < -0.4 is 0 Å². The topological polar surface area (TPSA) is 87.9 Å². The number of aromatic nitrogens is 4. The molecular weight excluding hydrogens is 354 g/mol. The summed E-state index contributed by atoms with van der Waals surface area (Å²) < 4.78 is 5.43. The highest BCUT2D eigenvalue weighted by Crippen LogP contribution is 2.34. The van der Waals surface area contributed by atoms with Crippen LogP contribution in [0.5, 0.6) is 0 Å². The molecule has 4 aromatic rings. The molecule has 0 saturated heterocycles. The minimum atomic E-state index is -0.312. The van der Waals surface area contributed by atoms with Crippen LogP contribution in [0.25, 0.3) is 11.3 Å². The number of H-pyrrole nitrogens is 1. The van der Waals surface area contributed by atoms with Crippen molar-refractivity contribution >= 4 is 5.91 Å². The Hall–Kier alpha value is -3.74. The largest absolute Gasteiger partial charge is 0.355 e. The number of carbonyl (C=O) groups is 1. The van der Waals surface area contributed by atoms with E-state index in [4.69, 9.17) is 4.52 Å². The molecule has 0 unspecified atom stereocenters. The quantitative estimate of drug-likeness (QED) is 0.597. The molecule has 7 nitrogen and oxygen atoms in total. The van der Waals surface area contributed by atoms with Crippen molar-refractivity contribution in [3.63, 3.8) is 0 Å². The zero-order chi connectivity index (χ0) is 18.9. The molecule has 5 rings (SSSR count). The maximum Gasteiger partial charge on any atom is 0.276 e. The minimum Gasteiger partial charge on any atom is -0.355 e. The van der Waals surface area contributed by atoms with Crippen molar-refractivity contribution in [2.45, 2.75) is 12.5 Å². The summed E-state index contributed by atoms with van der Waals surface area (Å²) in [5, 5.41) is 4.03. The summed E-state index contributed by atoms with van der Waals surface area (Å²) in [5.74, 6) is 0.382. The van der Waals surface area contributed by atoms with E-state index < -0.39 is 0 Å². The maximum absolute atomic E-state index is 13.3. The molecule has 7 heteroatoms. The van der Waals surface area contributed by atoms with Gasteiger partial charge in [0.1, 0.15) is 6.04 Å². The molecule has 0 saturated carbocycles. The predicted molar refractivity (Wildman–Crippen MR) is 101 cm³/mol. The summed E-state index contributed by atoms with van der Waals surface area (Å²) >= 11 is 0. The second-order valence-electron chi connectivity index (χ2n) is 6.65. The van der Waals surface area contributed by atoms with Gasteiger partial charge in [0.2, 0.25) is 0 Å². The van der Waals surface area contributed by atoms with Crippen LogP contribution in [-0.2, 0) is 6.42 Å². The van der Waals surface area contributed by atoms with Gasteiger partial charge in [-0.2, -0.15) is 0 Å². The third-order valence-electron chi connectivity index (χ3n) is 4.97. The zero-order valence-corrected chi connectivity index (χ0v) is 14.9. The third kappa shape index (κ3) is 2.77. The number of aromatic amines is 1. The summed E-state index contributed by atoms with van der Waals surface area (Å²) in [6.07, 6.45) is 5.87. The molecule has 1 amide bonds. The number of amides is 1. The predicted octanol–water partition coefficient (Wildman–Crippen LogP) is 3.25. The van der Waals surface area contributed by atoms with Gasteiger partial charge >= 0.3 is 0 Å². The molecule has 0 aliphatic carbocycles. The van der Waals surface area contributed by atoms with Gasteiger partial charge in [-0.3, -0.25) is 9.78 Å². The third-order valence-corrected chi connectivity index (χ3v) is 4.97. The van der Waals surface area contributed by atoms with E-state index in [0.29, 0.717) is 18.7 Å². The second-order valence-corrected chi connectivity index (χ2v) is 6.65. The van der Waals surface area contributed by atoms with Gasteiger partial charge in [0, 0.05) is 42.7 Å². The van der Waals surface area contributed by atoms with Gasteiger partial charge in [-0.15, -0.1) is 0 Å². The Bertz CT molecular complexity index is 1100. The molecule has 1 aromatic carbocycles. The van der Waals surface area contributed by atoms with Crippen LogP contribution in [0.3, 0.4) is 0 Å².